The van der Waals surface area contributed by atoms with Crippen molar-refractivity contribution in [1.29, 1.82) is 0 Å². The first-order chi connectivity index (χ1) is 8.91. The van der Waals surface area contributed by atoms with Gasteiger partial charge >= 0.3 is 12.1 Å². The molecule has 0 radical (unpaired) electrons. The highest BCUT2D eigenvalue weighted by atomic mass is 19.4. The zero-order valence-corrected chi connectivity index (χ0v) is 10.2. The van der Waals surface area contributed by atoms with E-state index in [1.54, 1.807) is 0 Å². The Morgan fingerprint density at radius 1 is 1.37 bits per heavy atom. The summed E-state index contributed by atoms with van der Waals surface area (Å²) >= 11 is 0. The minimum Gasteiger partial charge on any atom is -0.475 e. The molecule has 4 nitrogen and oxygen atoms in total. The number of alkyl halides is 3. The number of aromatic nitrogens is 1. The van der Waals surface area contributed by atoms with Crippen molar-refractivity contribution in [1.82, 2.24) is 10.3 Å². The summed E-state index contributed by atoms with van der Waals surface area (Å²) in [6, 6.07) is 4.21. The van der Waals surface area contributed by atoms with Gasteiger partial charge in [0.15, 0.2) is 0 Å². The Bertz CT molecular complexity index is 390. The molecular formula is C12H15F3N2O2. The summed E-state index contributed by atoms with van der Waals surface area (Å²) in [5.41, 5.74) is 1.40. The lowest BCUT2D eigenvalue weighted by atomic mass is 9.91. The van der Waals surface area contributed by atoms with Gasteiger partial charge in [-0.3, -0.25) is 4.98 Å². The van der Waals surface area contributed by atoms with Gasteiger partial charge in [-0.25, -0.2) is 4.79 Å². The van der Waals surface area contributed by atoms with E-state index in [0.717, 1.165) is 19.0 Å². The van der Waals surface area contributed by atoms with Crippen LogP contribution in [0.5, 0.6) is 0 Å². The standard InChI is InChI=1S/C10H14N2.C2HF3O2/c1-2-10(8-12-5-1)9-3-6-11-7-4-9;3-2(4,5)1(6)7/h1-2,5,8-9,11H,3-4,6-7H2;(H,6,7). The third-order valence-corrected chi connectivity index (χ3v) is 2.74. The molecule has 19 heavy (non-hydrogen) atoms. The number of halogens is 3. The fraction of sp³-hybridized carbons (Fsp3) is 0.500. The summed E-state index contributed by atoms with van der Waals surface area (Å²) in [6.07, 6.45) is 1.26. The monoisotopic (exact) mass is 276 g/mol. The summed E-state index contributed by atoms with van der Waals surface area (Å²) in [5.74, 6) is -2.02. The van der Waals surface area contributed by atoms with Crippen LogP contribution >= 0.6 is 0 Å². The number of carboxylic acid groups (broad SMARTS) is 1. The van der Waals surface area contributed by atoms with Crippen molar-refractivity contribution >= 4 is 5.97 Å². The lowest BCUT2D eigenvalue weighted by Gasteiger charge is -2.22. The van der Waals surface area contributed by atoms with Gasteiger partial charge < -0.3 is 10.4 Å². The molecule has 1 saturated heterocycles. The molecule has 2 heterocycles. The summed E-state index contributed by atoms with van der Waals surface area (Å²) in [7, 11) is 0. The first kappa shape index (κ1) is 15.4. The highest BCUT2D eigenvalue weighted by molar-refractivity contribution is 5.73. The molecule has 0 aliphatic carbocycles. The van der Waals surface area contributed by atoms with E-state index in [1.807, 2.05) is 18.5 Å². The van der Waals surface area contributed by atoms with Crippen molar-refractivity contribution in [3.05, 3.63) is 30.1 Å². The Labute approximate surface area is 108 Å². The van der Waals surface area contributed by atoms with Crippen molar-refractivity contribution in [3.63, 3.8) is 0 Å². The van der Waals surface area contributed by atoms with E-state index in [9.17, 15) is 13.2 Å². The molecule has 7 heteroatoms. The van der Waals surface area contributed by atoms with E-state index in [1.165, 1.54) is 18.4 Å². The zero-order chi connectivity index (χ0) is 14.3. The molecule has 1 aromatic rings. The fourth-order valence-corrected chi connectivity index (χ4v) is 1.77. The van der Waals surface area contributed by atoms with E-state index in [4.69, 9.17) is 9.90 Å². The largest absolute Gasteiger partial charge is 0.490 e. The number of nitrogens with zero attached hydrogens (tertiary/aromatic N) is 1. The van der Waals surface area contributed by atoms with Crippen LogP contribution in [-0.4, -0.2) is 35.3 Å². The summed E-state index contributed by atoms with van der Waals surface area (Å²) in [4.78, 5) is 13.0. The molecule has 1 aliphatic rings. The van der Waals surface area contributed by atoms with Gasteiger partial charge in [0.05, 0.1) is 0 Å². The smallest absolute Gasteiger partial charge is 0.475 e. The molecule has 1 fully saturated rings. The van der Waals surface area contributed by atoms with E-state index < -0.39 is 12.1 Å². The summed E-state index contributed by atoms with van der Waals surface area (Å²) in [5, 5.41) is 10.5. The minimum atomic E-state index is -5.08. The van der Waals surface area contributed by atoms with Crippen LogP contribution in [0.15, 0.2) is 24.5 Å². The SMILES string of the molecule is O=C(O)C(F)(F)F.c1cncc(C2CCNCC2)c1. The van der Waals surface area contributed by atoms with Crippen molar-refractivity contribution in [2.45, 2.75) is 24.9 Å². The van der Waals surface area contributed by atoms with Crippen molar-refractivity contribution in [3.8, 4) is 0 Å². The molecule has 0 spiro atoms. The maximum absolute atomic E-state index is 10.6. The van der Waals surface area contributed by atoms with Gasteiger partial charge in [0.1, 0.15) is 0 Å². The molecule has 0 atom stereocenters. The zero-order valence-electron chi connectivity index (χ0n) is 10.2. The van der Waals surface area contributed by atoms with Gasteiger partial charge in [0, 0.05) is 12.4 Å². The van der Waals surface area contributed by atoms with Gasteiger partial charge in [-0.2, -0.15) is 13.2 Å². The van der Waals surface area contributed by atoms with Gasteiger partial charge in [-0.05, 0) is 43.5 Å². The molecule has 2 rings (SSSR count). The second-order valence-corrected chi connectivity index (χ2v) is 4.11. The molecule has 0 amide bonds. The average Bonchev–Trinajstić information content (AvgIpc) is 2.40. The van der Waals surface area contributed by atoms with Crippen molar-refractivity contribution in [2.75, 3.05) is 13.1 Å². The molecule has 0 bridgehead atoms. The van der Waals surface area contributed by atoms with Crippen LogP contribution in [0.2, 0.25) is 0 Å². The minimum absolute atomic E-state index is 0.736. The Balaban J connectivity index is 0.000000224. The topological polar surface area (TPSA) is 62.2 Å². The maximum atomic E-state index is 10.6. The number of hydrogen-bond acceptors (Lipinski definition) is 3. The number of hydrogen-bond donors (Lipinski definition) is 2. The second-order valence-electron chi connectivity index (χ2n) is 4.11. The average molecular weight is 276 g/mol. The third-order valence-electron chi connectivity index (χ3n) is 2.74. The predicted molar refractivity (Wildman–Crippen MR) is 62.8 cm³/mol. The summed E-state index contributed by atoms with van der Waals surface area (Å²) in [6.45, 7) is 2.30. The first-order valence-corrected chi connectivity index (χ1v) is 5.82. The highest BCUT2D eigenvalue weighted by Crippen LogP contribution is 2.23. The van der Waals surface area contributed by atoms with Crippen LogP contribution in [0, 0.1) is 0 Å². The van der Waals surface area contributed by atoms with Crippen LogP contribution in [0.3, 0.4) is 0 Å². The normalized spacial score (nSPS) is 16.4. The van der Waals surface area contributed by atoms with Crippen LogP contribution in [0.4, 0.5) is 13.2 Å². The van der Waals surface area contributed by atoms with Gasteiger partial charge in [0.25, 0.3) is 0 Å². The van der Waals surface area contributed by atoms with Crippen LogP contribution in [0.1, 0.15) is 24.3 Å². The Kier molecular flexibility index (Phi) is 5.75. The van der Waals surface area contributed by atoms with Crippen molar-refractivity contribution in [2.24, 2.45) is 0 Å². The molecule has 2 N–H and O–H groups in total. The summed E-state index contributed by atoms with van der Waals surface area (Å²) < 4.78 is 31.7. The lowest BCUT2D eigenvalue weighted by molar-refractivity contribution is -0.192. The highest BCUT2D eigenvalue weighted by Gasteiger charge is 2.38. The number of rotatable bonds is 1. The lowest BCUT2D eigenvalue weighted by Crippen LogP contribution is -2.26. The van der Waals surface area contributed by atoms with E-state index >= 15 is 0 Å². The fourth-order valence-electron chi connectivity index (χ4n) is 1.77. The quantitative estimate of drug-likeness (QED) is 0.825. The van der Waals surface area contributed by atoms with Gasteiger partial charge in [-0.15, -0.1) is 0 Å². The van der Waals surface area contributed by atoms with Crippen molar-refractivity contribution < 1.29 is 23.1 Å². The number of pyridine rings is 1. The van der Waals surface area contributed by atoms with Crippen LogP contribution < -0.4 is 5.32 Å². The Morgan fingerprint density at radius 2 is 1.95 bits per heavy atom. The Hall–Kier alpha value is -1.63. The van der Waals surface area contributed by atoms with E-state index in [0.29, 0.717) is 0 Å². The molecule has 1 aromatic heterocycles. The first-order valence-electron chi connectivity index (χ1n) is 5.82. The van der Waals surface area contributed by atoms with E-state index in [2.05, 4.69) is 16.4 Å². The number of piperidine rings is 1. The number of carboxylic acids is 1. The Morgan fingerprint density at radius 3 is 2.37 bits per heavy atom. The number of aliphatic carboxylic acids is 1. The molecular weight excluding hydrogens is 261 g/mol. The second kappa shape index (κ2) is 7.08. The van der Waals surface area contributed by atoms with Gasteiger partial charge in [0.2, 0.25) is 0 Å². The molecule has 0 unspecified atom stereocenters. The van der Waals surface area contributed by atoms with Crippen LogP contribution in [-0.2, 0) is 4.79 Å². The number of nitrogens with one attached hydrogen (secondary N) is 1. The molecule has 1 aliphatic heterocycles. The number of carbonyl (C=O) groups is 1. The molecule has 0 aromatic carbocycles. The van der Waals surface area contributed by atoms with Crippen LogP contribution in [0.25, 0.3) is 0 Å². The van der Waals surface area contributed by atoms with E-state index in [-0.39, 0.29) is 0 Å². The molecule has 0 saturated carbocycles. The molecule has 106 valence electrons. The maximum Gasteiger partial charge on any atom is 0.490 e. The third kappa shape index (κ3) is 5.69. The predicted octanol–water partition coefficient (Wildman–Crippen LogP) is 2.18. The van der Waals surface area contributed by atoms with Gasteiger partial charge in [-0.1, -0.05) is 6.07 Å².